The summed E-state index contributed by atoms with van der Waals surface area (Å²) in [4.78, 5) is 10.9. The van der Waals surface area contributed by atoms with E-state index in [0.717, 1.165) is 9.13 Å². The molecule has 4 N–H and O–H groups in total. The molecule has 76 valence electrons. The van der Waals surface area contributed by atoms with Gasteiger partial charge >= 0.3 is 0 Å². The number of carbonyl (C=O) groups excluding carboxylic acids is 1. The van der Waals surface area contributed by atoms with Crippen molar-refractivity contribution in [3.63, 3.8) is 0 Å². The Morgan fingerprint density at radius 3 is 2.79 bits per heavy atom. The van der Waals surface area contributed by atoms with E-state index in [2.05, 4.69) is 22.6 Å². The molecule has 1 rings (SSSR count). The van der Waals surface area contributed by atoms with Crippen molar-refractivity contribution in [1.82, 2.24) is 5.48 Å². The SMILES string of the molecule is N[C@@H](Cc1ccccc1I)C(=O)NO. The van der Waals surface area contributed by atoms with Crippen LogP contribution in [-0.2, 0) is 11.2 Å². The number of nitrogens with one attached hydrogen (secondary N) is 1. The first-order valence-corrected chi connectivity index (χ1v) is 5.16. The topological polar surface area (TPSA) is 75.4 Å². The summed E-state index contributed by atoms with van der Waals surface area (Å²) in [6.45, 7) is 0. The average Bonchev–Trinajstić information content (AvgIpc) is 2.20. The highest BCUT2D eigenvalue weighted by molar-refractivity contribution is 14.1. The molecule has 1 aromatic carbocycles. The molecule has 0 spiro atoms. The van der Waals surface area contributed by atoms with Crippen LogP contribution < -0.4 is 11.2 Å². The molecular formula is C9H11IN2O2. The van der Waals surface area contributed by atoms with Gasteiger partial charge in [-0.3, -0.25) is 10.0 Å². The molecule has 4 nitrogen and oxygen atoms in total. The monoisotopic (exact) mass is 306 g/mol. The number of hydroxylamine groups is 1. The summed E-state index contributed by atoms with van der Waals surface area (Å²) in [5, 5.41) is 8.37. The Bertz CT molecular complexity index is 330. The van der Waals surface area contributed by atoms with Crippen LogP contribution >= 0.6 is 22.6 Å². The third kappa shape index (κ3) is 2.93. The number of rotatable bonds is 3. The first-order chi connectivity index (χ1) is 6.65. The van der Waals surface area contributed by atoms with E-state index in [4.69, 9.17) is 10.9 Å². The van der Waals surface area contributed by atoms with Crippen LogP contribution in [0.3, 0.4) is 0 Å². The molecule has 0 bridgehead atoms. The molecule has 1 aromatic rings. The molecule has 1 atom stereocenters. The number of benzene rings is 1. The van der Waals surface area contributed by atoms with Gasteiger partial charge in [-0.05, 0) is 40.6 Å². The van der Waals surface area contributed by atoms with E-state index >= 15 is 0 Å². The second-order valence-electron chi connectivity index (χ2n) is 2.88. The van der Waals surface area contributed by atoms with Gasteiger partial charge in [-0.15, -0.1) is 0 Å². The van der Waals surface area contributed by atoms with Crippen LogP contribution in [0.5, 0.6) is 0 Å². The second-order valence-corrected chi connectivity index (χ2v) is 4.04. The van der Waals surface area contributed by atoms with E-state index in [1.807, 2.05) is 24.3 Å². The van der Waals surface area contributed by atoms with Crippen molar-refractivity contribution in [2.24, 2.45) is 5.73 Å². The van der Waals surface area contributed by atoms with Crippen LogP contribution in [0.2, 0.25) is 0 Å². The highest BCUT2D eigenvalue weighted by atomic mass is 127. The van der Waals surface area contributed by atoms with E-state index < -0.39 is 11.9 Å². The van der Waals surface area contributed by atoms with Crippen LogP contribution in [0.25, 0.3) is 0 Å². The van der Waals surface area contributed by atoms with Crippen LogP contribution in [0.1, 0.15) is 5.56 Å². The Morgan fingerprint density at radius 2 is 2.21 bits per heavy atom. The van der Waals surface area contributed by atoms with Gasteiger partial charge in [0.25, 0.3) is 5.91 Å². The summed E-state index contributed by atoms with van der Waals surface area (Å²) >= 11 is 2.18. The lowest BCUT2D eigenvalue weighted by atomic mass is 10.1. The van der Waals surface area contributed by atoms with Crippen molar-refractivity contribution in [3.8, 4) is 0 Å². The third-order valence-corrected chi connectivity index (χ3v) is 2.90. The fourth-order valence-electron chi connectivity index (χ4n) is 1.08. The summed E-state index contributed by atoms with van der Waals surface area (Å²) in [5.41, 5.74) is 8.10. The third-order valence-electron chi connectivity index (χ3n) is 1.84. The standard InChI is InChI=1S/C9H11IN2O2/c10-7-4-2-1-3-6(7)5-8(11)9(13)12-14/h1-4,8,14H,5,11H2,(H,12,13)/t8-/m0/s1. The first-order valence-electron chi connectivity index (χ1n) is 4.08. The molecule has 0 aromatic heterocycles. The first kappa shape index (κ1) is 11.4. The summed E-state index contributed by atoms with van der Waals surface area (Å²) in [6, 6.07) is 6.95. The molecule has 14 heavy (non-hydrogen) atoms. The van der Waals surface area contributed by atoms with E-state index in [9.17, 15) is 4.79 Å². The predicted octanol–water partition coefficient (Wildman–Crippen LogP) is 0.666. The lowest BCUT2D eigenvalue weighted by Gasteiger charge is -2.10. The van der Waals surface area contributed by atoms with Crippen molar-refractivity contribution < 1.29 is 10.0 Å². The highest BCUT2D eigenvalue weighted by Gasteiger charge is 2.13. The Kier molecular flexibility index (Phi) is 4.30. The van der Waals surface area contributed by atoms with Gasteiger partial charge in [0, 0.05) is 3.57 Å². The fraction of sp³-hybridized carbons (Fsp3) is 0.222. The van der Waals surface area contributed by atoms with Gasteiger partial charge in [0.15, 0.2) is 0 Å². The number of nitrogens with two attached hydrogens (primary N) is 1. The second kappa shape index (κ2) is 5.28. The smallest absolute Gasteiger partial charge is 0.260 e. The van der Waals surface area contributed by atoms with Crippen LogP contribution in [0.15, 0.2) is 24.3 Å². The maximum atomic E-state index is 10.9. The minimum atomic E-state index is -0.712. The van der Waals surface area contributed by atoms with Crippen LogP contribution in [0, 0.1) is 3.57 Å². The summed E-state index contributed by atoms with van der Waals surface area (Å²) in [6.07, 6.45) is 0.422. The van der Waals surface area contributed by atoms with Crippen LogP contribution in [0.4, 0.5) is 0 Å². The van der Waals surface area contributed by atoms with Crippen molar-refractivity contribution in [3.05, 3.63) is 33.4 Å². The maximum Gasteiger partial charge on any atom is 0.260 e. The largest absolute Gasteiger partial charge is 0.320 e. The molecule has 0 radical (unpaired) electrons. The van der Waals surface area contributed by atoms with Gasteiger partial charge in [-0.1, -0.05) is 18.2 Å². The van der Waals surface area contributed by atoms with E-state index in [1.165, 1.54) is 5.48 Å². The quantitative estimate of drug-likeness (QED) is 0.436. The summed E-state index contributed by atoms with van der Waals surface area (Å²) < 4.78 is 1.06. The summed E-state index contributed by atoms with van der Waals surface area (Å²) in [5.74, 6) is -0.565. The molecule has 0 fully saturated rings. The number of carbonyl (C=O) groups is 1. The van der Waals surface area contributed by atoms with Gasteiger partial charge in [-0.25, -0.2) is 5.48 Å². The normalized spacial score (nSPS) is 12.2. The predicted molar refractivity (Wildman–Crippen MR) is 60.8 cm³/mol. The molecule has 5 heteroatoms. The van der Waals surface area contributed by atoms with Gasteiger partial charge in [-0.2, -0.15) is 0 Å². The zero-order valence-electron chi connectivity index (χ0n) is 7.40. The van der Waals surface area contributed by atoms with Gasteiger partial charge in [0.2, 0.25) is 0 Å². The van der Waals surface area contributed by atoms with Gasteiger partial charge < -0.3 is 5.73 Å². The fourth-order valence-corrected chi connectivity index (χ4v) is 1.68. The zero-order valence-corrected chi connectivity index (χ0v) is 9.56. The van der Waals surface area contributed by atoms with Gasteiger partial charge in [0.1, 0.15) is 0 Å². The molecule has 0 saturated heterocycles. The van der Waals surface area contributed by atoms with Gasteiger partial charge in [0.05, 0.1) is 6.04 Å². The number of hydrogen-bond donors (Lipinski definition) is 3. The average molecular weight is 306 g/mol. The van der Waals surface area contributed by atoms with Crippen molar-refractivity contribution in [2.45, 2.75) is 12.5 Å². The lowest BCUT2D eigenvalue weighted by Crippen LogP contribution is -2.40. The molecule has 0 aliphatic rings. The van der Waals surface area contributed by atoms with E-state index in [1.54, 1.807) is 0 Å². The molecular weight excluding hydrogens is 295 g/mol. The van der Waals surface area contributed by atoms with Crippen molar-refractivity contribution in [1.29, 1.82) is 0 Å². The number of amides is 1. The molecule has 0 heterocycles. The number of halogens is 1. The van der Waals surface area contributed by atoms with E-state index in [-0.39, 0.29) is 0 Å². The number of hydrogen-bond acceptors (Lipinski definition) is 3. The molecule has 0 saturated carbocycles. The lowest BCUT2D eigenvalue weighted by molar-refractivity contribution is -0.130. The Morgan fingerprint density at radius 1 is 1.57 bits per heavy atom. The van der Waals surface area contributed by atoms with Crippen LogP contribution in [-0.4, -0.2) is 17.2 Å². The molecule has 0 unspecified atom stereocenters. The Balaban J connectivity index is 2.69. The summed E-state index contributed by atoms with van der Waals surface area (Å²) in [7, 11) is 0. The molecule has 1 amide bonds. The Hall–Kier alpha value is -0.660. The minimum absolute atomic E-state index is 0.422. The Labute approximate surface area is 95.6 Å². The minimum Gasteiger partial charge on any atom is -0.320 e. The molecule has 0 aliphatic heterocycles. The van der Waals surface area contributed by atoms with Crippen molar-refractivity contribution >= 4 is 28.5 Å². The molecule has 0 aliphatic carbocycles. The van der Waals surface area contributed by atoms with E-state index in [0.29, 0.717) is 6.42 Å². The highest BCUT2D eigenvalue weighted by Crippen LogP contribution is 2.12. The maximum absolute atomic E-state index is 10.9. The zero-order chi connectivity index (χ0) is 10.6. The van der Waals surface area contributed by atoms with Crippen molar-refractivity contribution in [2.75, 3.05) is 0 Å².